The fourth-order valence-corrected chi connectivity index (χ4v) is 9.18. The molecule has 208 valence electrons. The van der Waals surface area contributed by atoms with E-state index in [1.165, 1.54) is 18.4 Å². The van der Waals surface area contributed by atoms with Gasteiger partial charge in [0.1, 0.15) is 4.88 Å². The van der Waals surface area contributed by atoms with E-state index in [2.05, 4.69) is 58.7 Å². The number of rotatable bonds is 11. The van der Waals surface area contributed by atoms with Crippen LogP contribution in [0.4, 0.5) is 5.69 Å². The Morgan fingerprint density at radius 1 is 1.19 bits per heavy atom. The van der Waals surface area contributed by atoms with Crippen molar-refractivity contribution in [3.8, 4) is 11.8 Å². The molecule has 1 aromatic heterocycles. The van der Waals surface area contributed by atoms with Crippen LogP contribution in [0.5, 0.6) is 0 Å². The fraction of sp³-hybridized carbons (Fsp3) is 0.759. The number of esters is 1. The van der Waals surface area contributed by atoms with E-state index in [0.717, 1.165) is 67.4 Å². The summed E-state index contributed by atoms with van der Waals surface area (Å²) in [5.74, 6) is 6.19. The molecular formula is C29H47NO5SSi. The summed E-state index contributed by atoms with van der Waals surface area (Å²) in [5, 5.41) is 3.66. The predicted octanol–water partition coefficient (Wildman–Crippen LogP) is 6.85. The van der Waals surface area contributed by atoms with Gasteiger partial charge in [-0.3, -0.25) is 0 Å². The molecule has 0 unspecified atom stereocenters. The number of methoxy groups -OCH3 is 1. The number of hydrogen-bond acceptors (Lipinski definition) is 7. The number of ether oxygens (including phenoxy) is 3. The molecule has 1 aromatic rings. The van der Waals surface area contributed by atoms with E-state index in [9.17, 15) is 4.79 Å². The molecule has 0 aromatic carbocycles. The van der Waals surface area contributed by atoms with Crippen molar-refractivity contribution < 1.29 is 23.4 Å². The molecule has 2 heterocycles. The van der Waals surface area contributed by atoms with Gasteiger partial charge in [0, 0.05) is 18.1 Å². The first kappa shape index (κ1) is 30.2. The molecule has 2 aliphatic rings. The van der Waals surface area contributed by atoms with Gasteiger partial charge in [-0.1, -0.05) is 32.6 Å². The van der Waals surface area contributed by atoms with Crippen LogP contribution in [0.1, 0.15) is 88.2 Å². The van der Waals surface area contributed by atoms with Crippen LogP contribution in [0.25, 0.3) is 0 Å². The van der Waals surface area contributed by atoms with Gasteiger partial charge in [-0.15, -0.1) is 11.3 Å². The van der Waals surface area contributed by atoms with Crippen molar-refractivity contribution in [1.82, 2.24) is 0 Å². The van der Waals surface area contributed by atoms with Crippen molar-refractivity contribution in [3.05, 3.63) is 15.8 Å². The standard InChI is InChI=1S/C29H47NO5SSi/c1-8-37(9-2,10-3)35-29(21-34-23-14-18-33-20-23)16-11-22(12-17-29)30-25-19-24(13-15-28(4,5)6)36-26(25)27(31)32-7/h19,22-23,30H,8-12,14,16-18,20-21H2,1-7H3/t22?,23-,29?/m0/s1. The number of hydrogen-bond donors (Lipinski definition) is 1. The Bertz CT molecular complexity index is 933. The van der Waals surface area contributed by atoms with Crippen LogP contribution >= 0.6 is 11.3 Å². The summed E-state index contributed by atoms with van der Waals surface area (Å²) in [4.78, 5) is 14.0. The molecule has 1 saturated carbocycles. The van der Waals surface area contributed by atoms with E-state index >= 15 is 0 Å². The number of anilines is 1. The Kier molecular flexibility index (Phi) is 10.7. The van der Waals surface area contributed by atoms with Crippen molar-refractivity contribution in [2.45, 2.75) is 110 Å². The zero-order chi connectivity index (χ0) is 27.1. The first-order valence-electron chi connectivity index (χ1n) is 14.0. The van der Waals surface area contributed by atoms with Gasteiger partial charge in [-0.25, -0.2) is 4.79 Å². The lowest BCUT2D eigenvalue weighted by molar-refractivity contribution is -0.0824. The van der Waals surface area contributed by atoms with Crippen molar-refractivity contribution >= 4 is 31.3 Å². The molecule has 1 aliphatic carbocycles. The molecule has 1 saturated heterocycles. The number of thiophene rings is 1. The van der Waals surface area contributed by atoms with E-state index in [1.807, 2.05) is 6.07 Å². The average Bonchev–Trinajstić information content (AvgIpc) is 3.56. The molecule has 37 heavy (non-hydrogen) atoms. The SMILES string of the molecule is CC[Si](CC)(CC)OC1(CO[C@H]2CCOC2)CCC(Nc2cc(C#CC(C)(C)C)sc2C(=O)OC)CC1. The molecule has 8 heteroatoms. The third-order valence-corrected chi connectivity index (χ3v) is 13.5. The summed E-state index contributed by atoms with van der Waals surface area (Å²) in [7, 11) is -0.377. The average molecular weight is 550 g/mol. The zero-order valence-corrected chi connectivity index (χ0v) is 25.8. The molecule has 1 N–H and O–H groups in total. The Morgan fingerprint density at radius 3 is 2.41 bits per heavy atom. The minimum Gasteiger partial charge on any atom is -0.465 e. The highest BCUT2D eigenvalue weighted by Crippen LogP contribution is 2.40. The minimum absolute atomic E-state index is 0.101. The molecule has 0 bridgehead atoms. The maximum absolute atomic E-state index is 12.5. The molecule has 1 atom stereocenters. The second kappa shape index (κ2) is 13.1. The van der Waals surface area contributed by atoms with E-state index in [4.69, 9.17) is 18.6 Å². The highest BCUT2D eigenvalue weighted by atomic mass is 32.1. The molecule has 1 aliphatic heterocycles. The van der Waals surface area contributed by atoms with Gasteiger partial charge in [-0.2, -0.15) is 0 Å². The Labute approximate surface area is 229 Å². The van der Waals surface area contributed by atoms with Crippen LogP contribution in [0.15, 0.2) is 6.07 Å². The normalized spacial score (nSPS) is 24.4. The van der Waals surface area contributed by atoms with E-state index in [1.54, 1.807) is 0 Å². The lowest BCUT2D eigenvalue weighted by Gasteiger charge is -2.46. The first-order chi connectivity index (χ1) is 17.6. The molecule has 0 spiro atoms. The summed E-state index contributed by atoms with van der Waals surface area (Å²) in [5.41, 5.74) is 0.487. The van der Waals surface area contributed by atoms with E-state index in [-0.39, 0.29) is 29.1 Å². The Morgan fingerprint density at radius 2 is 1.86 bits per heavy atom. The van der Waals surface area contributed by atoms with Gasteiger partial charge in [0.25, 0.3) is 0 Å². The predicted molar refractivity (Wildman–Crippen MR) is 154 cm³/mol. The highest BCUT2D eigenvalue weighted by molar-refractivity contribution is 7.15. The maximum Gasteiger partial charge on any atom is 0.350 e. The van der Waals surface area contributed by atoms with Crippen LogP contribution in [0, 0.1) is 17.3 Å². The summed E-state index contributed by atoms with van der Waals surface area (Å²) in [6, 6.07) is 5.65. The summed E-state index contributed by atoms with van der Waals surface area (Å²) in [6.07, 6.45) is 4.96. The summed E-state index contributed by atoms with van der Waals surface area (Å²) >= 11 is 1.40. The zero-order valence-electron chi connectivity index (χ0n) is 24.0. The number of nitrogens with one attached hydrogen (secondary N) is 1. The van der Waals surface area contributed by atoms with Gasteiger partial charge in [-0.05, 0) is 77.1 Å². The van der Waals surface area contributed by atoms with Crippen molar-refractivity contribution in [1.29, 1.82) is 0 Å². The van der Waals surface area contributed by atoms with Crippen LogP contribution < -0.4 is 5.32 Å². The second-order valence-electron chi connectivity index (χ2n) is 11.6. The van der Waals surface area contributed by atoms with Crippen molar-refractivity contribution in [3.63, 3.8) is 0 Å². The Balaban J connectivity index is 1.74. The van der Waals surface area contributed by atoms with Gasteiger partial charge < -0.3 is 24.0 Å². The first-order valence-corrected chi connectivity index (χ1v) is 17.3. The quantitative estimate of drug-likeness (QED) is 0.185. The molecule has 2 fully saturated rings. The molecular weight excluding hydrogens is 502 g/mol. The van der Waals surface area contributed by atoms with Crippen LogP contribution in [0.2, 0.25) is 18.1 Å². The Hall–Kier alpha value is -1.37. The second-order valence-corrected chi connectivity index (χ2v) is 17.3. The lowest BCUT2D eigenvalue weighted by atomic mass is 9.82. The minimum atomic E-state index is -1.81. The maximum atomic E-state index is 12.5. The van der Waals surface area contributed by atoms with Crippen LogP contribution in [-0.2, 0) is 18.6 Å². The van der Waals surface area contributed by atoms with Crippen molar-refractivity contribution in [2.75, 3.05) is 32.2 Å². The molecule has 6 nitrogen and oxygen atoms in total. The van der Waals surface area contributed by atoms with E-state index in [0.29, 0.717) is 18.1 Å². The van der Waals surface area contributed by atoms with Gasteiger partial charge in [0.05, 0.1) is 42.6 Å². The molecule has 0 radical (unpaired) electrons. The molecule has 3 rings (SSSR count). The molecule has 0 amide bonds. The fourth-order valence-electron chi connectivity index (χ4n) is 5.18. The van der Waals surface area contributed by atoms with E-state index < -0.39 is 8.32 Å². The van der Waals surface area contributed by atoms with Gasteiger partial charge in [0.15, 0.2) is 8.32 Å². The lowest BCUT2D eigenvalue weighted by Crippen LogP contribution is -2.53. The smallest absolute Gasteiger partial charge is 0.350 e. The third-order valence-electron chi connectivity index (χ3n) is 7.76. The largest absolute Gasteiger partial charge is 0.465 e. The van der Waals surface area contributed by atoms with Gasteiger partial charge in [0.2, 0.25) is 0 Å². The topological polar surface area (TPSA) is 66.0 Å². The van der Waals surface area contributed by atoms with Gasteiger partial charge >= 0.3 is 5.97 Å². The number of carbonyl (C=O) groups is 1. The summed E-state index contributed by atoms with van der Waals surface area (Å²) in [6.45, 7) is 15.2. The highest BCUT2D eigenvalue weighted by Gasteiger charge is 2.44. The summed E-state index contributed by atoms with van der Waals surface area (Å²) < 4.78 is 24.2. The monoisotopic (exact) mass is 549 g/mol. The van der Waals surface area contributed by atoms with Crippen LogP contribution in [0.3, 0.4) is 0 Å². The van der Waals surface area contributed by atoms with Crippen molar-refractivity contribution in [2.24, 2.45) is 5.41 Å². The number of carbonyl (C=O) groups excluding carboxylic acids is 1. The third kappa shape index (κ3) is 8.30. The van der Waals surface area contributed by atoms with Crippen LogP contribution in [-0.4, -0.2) is 59.0 Å².